The largest absolute Gasteiger partial charge is 0.328 e. The molecule has 2 fully saturated rings. The average Bonchev–Trinajstić information content (AvgIpc) is 2.21. The molecule has 2 rings (SSSR count). The first-order chi connectivity index (χ1) is 6.79. The molecule has 2 saturated carbocycles. The molecule has 0 heterocycles. The molecule has 2 nitrogen and oxygen atoms in total. The van der Waals surface area contributed by atoms with E-state index in [-0.39, 0.29) is 32.7 Å². The van der Waals surface area contributed by atoms with E-state index in [0.717, 1.165) is 0 Å². The van der Waals surface area contributed by atoms with Gasteiger partial charge in [-0.15, -0.1) is 0 Å². The van der Waals surface area contributed by atoms with E-state index in [4.69, 9.17) is 11.5 Å². The summed E-state index contributed by atoms with van der Waals surface area (Å²) in [5.74, 6) is 0. The molecule has 4 N–H and O–H groups in total. The minimum atomic E-state index is 0. The fourth-order valence-electron chi connectivity index (χ4n) is 1.91. The summed E-state index contributed by atoms with van der Waals surface area (Å²) in [6.45, 7) is 0. The summed E-state index contributed by atoms with van der Waals surface area (Å²) < 4.78 is 0. The van der Waals surface area contributed by atoms with Crippen molar-refractivity contribution in [3.63, 3.8) is 0 Å². The van der Waals surface area contributed by atoms with Crippen LogP contribution >= 0.6 is 0 Å². The molecule has 0 bridgehead atoms. The maximum absolute atomic E-state index is 5.61. The molecule has 87 valence electrons. The van der Waals surface area contributed by atoms with Crippen molar-refractivity contribution >= 4 is 0 Å². The van der Waals surface area contributed by atoms with E-state index < -0.39 is 0 Å². The average molecular weight is 285 g/mol. The Hall–Kier alpha value is 1.02. The van der Waals surface area contributed by atoms with Crippen LogP contribution in [0, 0.1) is 12.8 Å². The zero-order valence-electron chi connectivity index (χ0n) is 9.70. The molecule has 0 aromatic rings. The van der Waals surface area contributed by atoms with Crippen LogP contribution in [0.2, 0.25) is 0 Å². The summed E-state index contributed by atoms with van der Waals surface area (Å²) >= 11 is 0. The molecule has 0 spiro atoms. The van der Waals surface area contributed by atoms with E-state index in [1.165, 1.54) is 51.4 Å². The monoisotopic (exact) mass is 285 g/mol. The second-order valence-corrected chi connectivity index (χ2v) is 4.41. The fourth-order valence-corrected chi connectivity index (χ4v) is 1.91. The van der Waals surface area contributed by atoms with Crippen molar-refractivity contribution in [2.24, 2.45) is 11.5 Å². The van der Waals surface area contributed by atoms with Crippen LogP contribution in [0.4, 0.5) is 0 Å². The third-order valence-corrected chi connectivity index (χ3v) is 2.97. The normalized spacial score (nSPS) is 23.6. The van der Waals surface area contributed by atoms with Crippen LogP contribution < -0.4 is 11.5 Å². The predicted octanol–water partition coefficient (Wildman–Crippen LogP) is 2.18. The molecule has 15 heavy (non-hydrogen) atoms. The number of rotatable bonds is 0. The van der Waals surface area contributed by atoms with Gasteiger partial charge >= 0.3 is 0 Å². The first kappa shape index (κ1) is 16.0. The van der Waals surface area contributed by atoms with Gasteiger partial charge in [0.2, 0.25) is 0 Å². The van der Waals surface area contributed by atoms with Crippen LogP contribution in [-0.2, 0) is 32.7 Å². The fraction of sp³-hybridized carbons (Fsp3) is 0.833. The van der Waals surface area contributed by atoms with E-state index in [9.17, 15) is 0 Å². The molecule has 0 aromatic carbocycles. The van der Waals surface area contributed by atoms with Gasteiger partial charge in [-0.2, -0.15) is 25.7 Å². The van der Waals surface area contributed by atoms with Gasteiger partial charge in [-0.3, -0.25) is 0 Å². The second kappa shape index (κ2) is 10.2. The van der Waals surface area contributed by atoms with Crippen LogP contribution in [0.15, 0.2) is 0 Å². The molecule has 0 atom stereocenters. The minimum Gasteiger partial charge on any atom is -0.328 e. The molecular weight excluding hydrogens is 261 g/mol. The summed E-state index contributed by atoms with van der Waals surface area (Å²) in [5.41, 5.74) is 11.2. The molecule has 2 aliphatic rings. The molecular formula is C12H24N2Y-2. The van der Waals surface area contributed by atoms with Crippen molar-refractivity contribution in [3.8, 4) is 0 Å². The Kier molecular flexibility index (Phi) is 10.9. The van der Waals surface area contributed by atoms with Crippen molar-refractivity contribution in [2.45, 2.75) is 63.5 Å². The van der Waals surface area contributed by atoms with Crippen LogP contribution in [-0.4, -0.2) is 12.1 Å². The molecule has 0 aliphatic heterocycles. The molecule has 0 aromatic heterocycles. The summed E-state index contributed by atoms with van der Waals surface area (Å²) in [5, 5.41) is 0. The van der Waals surface area contributed by atoms with Crippen molar-refractivity contribution < 1.29 is 32.7 Å². The smallest absolute Gasteiger partial charge is 0 e. The zero-order chi connectivity index (χ0) is 10.2. The van der Waals surface area contributed by atoms with Gasteiger partial charge < -0.3 is 24.3 Å². The summed E-state index contributed by atoms with van der Waals surface area (Å²) in [6.07, 6.45) is 14.4. The van der Waals surface area contributed by atoms with Crippen LogP contribution in [0.5, 0.6) is 0 Å². The van der Waals surface area contributed by atoms with Gasteiger partial charge in [0, 0.05) is 32.7 Å². The maximum Gasteiger partial charge on any atom is 0 e. The van der Waals surface area contributed by atoms with E-state index in [2.05, 4.69) is 12.8 Å². The Labute approximate surface area is 120 Å². The Morgan fingerprint density at radius 2 is 0.933 bits per heavy atom. The number of nitrogens with two attached hydrogens (primary N) is 2. The first-order valence-electron chi connectivity index (χ1n) is 5.93. The summed E-state index contributed by atoms with van der Waals surface area (Å²) in [6, 6.07) is 1.01. The first-order valence-corrected chi connectivity index (χ1v) is 5.93. The predicted molar refractivity (Wildman–Crippen MR) is 61.5 cm³/mol. The van der Waals surface area contributed by atoms with Crippen molar-refractivity contribution in [1.82, 2.24) is 0 Å². The van der Waals surface area contributed by atoms with E-state index in [0.29, 0.717) is 12.1 Å². The van der Waals surface area contributed by atoms with Gasteiger partial charge in [0.1, 0.15) is 0 Å². The van der Waals surface area contributed by atoms with Gasteiger partial charge in [0.15, 0.2) is 0 Å². The van der Waals surface area contributed by atoms with Gasteiger partial charge in [-0.25, -0.2) is 0 Å². The third-order valence-electron chi connectivity index (χ3n) is 2.97. The third kappa shape index (κ3) is 8.79. The number of hydrogen-bond donors (Lipinski definition) is 2. The Bertz CT molecular complexity index is 114. The van der Waals surface area contributed by atoms with Gasteiger partial charge in [0.05, 0.1) is 0 Å². The zero-order valence-corrected chi connectivity index (χ0v) is 12.5. The van der Waals surface area contributed by atoms with E-state index in [1.807, 2.05) is 0 Å². The Morgan fingerprint density at radius 3 is 1.07 bits per heavy atom. The van der Waals surface area contributed by atoms with E-state index >= 15 is 0 Å². The van der Waals surface area contributed by atoms with Gasteiger partial charge in [0.25, 0.3) is 0 Å². The minimum absolute atomic E-state index is 0. The molecule has 1 radical (unpaired) electrons. The molecule has 0 amide bonds. The maximum atomic E-state index is 5.61. The van der Waals surface area contributed by atoms with Crippen molar-refractivity contribution in [2.75, 3.05) is 0 Å². The SMILES string of the molecule is NC1CC[CH-]CC1.NC1CC[CH-]CC1.[Y]. The Balaban J connectivity index is 0.000000245. The van der Waals surface area contributed by atoms with Crippen molar-refractivity contribution in [1.29, 1.82) is 0 Å². The summed E-state index contributed by atoms with van der Waals surface area (Å²) in [4.78, 5) is 0. The van der Waals surface area contributed by atoms with Crippen LogP contribution in [0.25, 0.3) is 0 Å². The quantitative estimate of drug-likeness (QED) is 0.670. The van der Waals surface area contributed by atoms with Crippen molar-refractivity contribution in [3.05, 3.63) is 12.8 Å². The standard InChI is InChI=1S/2C6H12N.Y/c2*7-6-4-2-1-3-5-6;/h2*1,6H,2-5,7H2;/q2*-1;. The topological polar surface area (TPSA) is 52.0 Å². The van der Waals surface area contributed by atoms with Gasteiger partial charge in [-0.1, -0.05) is 25.7 Å². The Morgan fingerprint density at radius 1 is 0.667 bits per heavy atom. The van der Waals surface area contributed by atoms with Crippen LogP contribution in [0.1, 0.15) is 51.4 Å². The molecule has 2 aliphatic carbocycles. The second-order valence-electron chi connectivity index (χ2n) is 4.41. The van der Waals surface area contributed by atoms with E-state index in [1.54, 1.807) is 0 Å². The molecule has 3 heteroatoms. The summed E-state index contributed by atoms with van der Waals surface area (Å²) in [7, 11) is 0. The number of hydrogen-bond acceptors (Lipinski definition) is 2. The molecule has 0 saturated heterocycles. The van der Waals surface area contributed by atoms with Gasteiger partial charge in [-0.05, 0) is 12.1 Å². The molecule has 0 unspecified atom stereocenters. The van der Waals surface area contributed by atoms with Crippen LogP contribution in [0.3, 0.4) is 0 Å².